The Morgan fingerprint density at radius 2 is 1.18 bits per heavy atom. The van der Waals surface area contributed by atoms with Crippen molar-refractivity contribution in [3.8, 4) is 27.9 Å². The summed E-state index contributed by atoms with van der Waals surface area (Å²) in [7, 11) is 0. The van der Waals surface area contributed by atoms with Crippen molar-refractivity contribution in [1.82, 2.24) is 4.57 Å². The van der Waals surface area contributed by atoms with Crippen LogP contribution < -0.4 is 4.90 Å². The molecular weight excluding hydrogens is 677 g/mol. The Morgan fingerprint density at radius 3 is 2.04 bits per heavy atom. The summed E-state index contributed by atoms with van der Waals surface area (Å²) in [4.78, 5) is 2.46. The molecule has 0 saturated heterocycles. The van der Waals surface area contributed by atoms with E-state index in [1.165, 1.54) is 90.5 Å². The molecule has 7 aromatic carbocycles. The van der Waals surface area contributed by atoms with Gasteiger partial charge in [0.05, 0.1) is 11.2 Å². The maximum absolute atomic E-state index is 2.51. The van der Waals surface area contributed by atoms with E-state index in [0.717, 1.165) is 24.2 Å². The molecule has 2 heteroatoms. The Morgan fingerprint density at radius 1 is 0.518 bits per heavy atom. The molecule has 1 aromatic heterocycles. The van der Waals surface area contributed by atoms with E-state index in [4.69, 9.17) is 0 Å². The fourth-order valence-corrected chi connectivity index (χ4v) is 9.60. The average Bonchev–Trinajstić information content (AvgIpc) is 3.57. The predicted octanol–water partition coefficient (Wildman–Crippen LogP) is 14.9. The molecule has 0 bridgehead atoms. The van der Waals surface area contributed by atoms with Crippen molar-refractivity contribution in [1.29, 1.82) is 0 Å². The first-order valence-electron chi connectivity index (χ1n) is 20.3. The lowest BCUT2D eigenvalue weighted by Crippen LogP contribution is -2.34. The molecule has 0 amide bonds. The van der Waals surface area contributed by atoms with Crippen LogP contribution in [0.5, 0.6) is 0 Å². The molecule has 2 aliphatic rings. The average molecular weight is 725 g/mol. The van der Waals surface area contributed by atoms with Gasteiger partial charge in [-0.1, -0.05) is 149 Å². The van der Waals surface area contributed by atoms with Gasteiger partial charge in [0.25, 0.3) is 0 Å². The van der Waals surface area contributed by atoms with Crippen molar-refractivity contribution in [3.63, 3.8) is 0 Å². The number of rotatable bonds is 6. The molecule has 274 valence electrons. The van der Waals surface area contributed by atoms with Gasteiger partial charge in [-0.25, -0.2) is 0 Å². The second-order valence-electron chi connectivity index (χ2n) is 17.1. The first kappa shape index (κ1) is 34.4. The van der Waals surface area contributed by atoms with Crippen molar-refractivity contribution in [2.24, 2.45) is 0 Å². The maximum atomic E-state index is 2.51. The molecule has 56 heavy (non-hydrogen) atoms. The number of allylic oxidation sites excluding steroid dienone is 1. The van der Waals surface area contributed by atoms with Crippen molar-refractivity contribution in [2.45, 2.75) is 64.2 Å². The minimum Gasteiger partial charge on any atom is -0.312 e. The molecule has 10 rings (SSSR count). The summed E-state index contributed by atoms with van der Waals surface area (Å²) in [6.07, 6.45) is 9.12. The highest BCUT2D eigenvalue weighted by atomic mass is 15.1. The topological polar surface area (TPSA) is 8.17 Å². The lowest BCUT2D eigenvalue weighted by Gasteiger charge is -2.42. The molecule has 8 aromatic rings. The zero-order valence-electron chi connectivity index (χ0n) is 32.9. The van der Waals surface area contributed by atoms with Crippen molar-refractivity contribution in [2.75, 3.05) is 4.90 Å². The molecule has 0 radical (unpaired) electrons. The summed E-state index contributed by atoms with van der Waals surface area (Å²) in [5.41, 5.74) is 16.8. The third-order valence-corrected chi connectivity index (χ3v) is 12.7. The molecule has 1 heterocycles. The van der Waals surface area contributed by atoms with Crippen LogP contribution in [0, 0.1) is 0 Å². The van der Waals surface area contributed by atoms with Crippen LogP contribution in [0.4, 0.5) is 17.1 Å². The molecule has 2 nitrogen and oxygen atoms in total. The van der Waals surface area contributed by atoms with E-state index in [2.05, 4.69) is 207 Å². The zero-order valence-corrected chi connectivity index (χ0v) is 32.9. The normalized spacial score (nSPS) is 15.4. The third-order valence-electron chi connectivity index (χ3n) is 12.7. The number of aromatic nitrogens is 1. The highest BCUT2D eigenvalue weighted by Gasteiger charge is 2.37. The maximum Gasteiger partial charge on any atom is 0.0537 e. The van der Waals surface area contributed by atoms with E-state index in [-0.39, 0.29) is 10.8 Å². The summed E-state index contributed by atoms with van der Waals surface area (Å²) in [6, 6.07) is 58.7. The minimum absolute atomic E-state index is 0.0997. The van der Waals surface area contributed by atoms with E-state index in [1.54, 1.807) is 0 Å². The molecule has 0 saturated carbocycles. The molecule has 0 spiro atoms. The van der Waals surface area contributed by atoms with Crippen LogP contribution in [0.25, 0.3) is 55.7 Å². The van der Waals surface area contributed by atoms with Gasteiger partial charge in [0.2, 0.25) is 0 Å². The highest BCUT2D eigenvalue weighted by Crippen LogP contribution is 2.49. The lowest BCUT2D eigenvalue weighted by molar-refractivity contribution is 0.332. The van der Waals surface area contributed by atoms with Crippen molar-refractivity contribution < 1.29 is 0 Å². The third kappa shape index (κ3) is 5.70. The number of fused-ring (bicyclic) bond motifs is 5. The second kappa shape index (κ2) is 13.3. The molecule has 0 unspecified atom stereocenters. The highest BCUT2D eigenvalue weighted by molar-refractivity contribution is 5.98. The number of nitrogens with zero attached hydrogens (tertiary/aromatic N) is 2. The van der Waals surface area contributed by atoms with Crippen molar-refractivity contribution in [3.05, 3.63) is 186 Å². The van der Waals surface area contributed by atoms with Crippen molar-refractivity contribution >= 4 is 44.8 Å². The van der Waals surface area contributed by atoms with E-state index in [9.17, 15) is 0 Å². The van der Waals surface area contributed by atoms with Crippen LogP contribution in [0.2, 0.25) is 0 Å². The zero-order chi connectivity index (χ0) is 38.0. The van der Waals surface area contributed by atoms with E-state index >= 15 is 0 Å². The van der Waals surface area contributed by atoms with Crippen LogP contribution in [-0.2, 0) is 17.3 Å². The molecule has 0 N–H and O–H groups in total. The van der Waals surface area contributed by atoms with Crippen LogP contribution in [0.1, 0.15) is 69.3 Å². The Balaban J connectivity index is 1.12. The van der Waals surface area contributed by atoms with Gasteiger partial charge in [-0.2, -0.15) is 0 Å². The Kier molecular flexibility index (Phi) is 8.15. The fourth-order valence-electron chi connectivity index (χ4n) is 9.60. The number of benzene rings is 7. The molecule has 0 atom stereocenters. The van der Waals surface area contributed by atoms with Gasteiger partial charge in [-0.3, -0.25) is 0 Å². The molecule has 0 fully saturated rings. The van der Waals surface area contributed by atoms with Gasteiger partial charge in [0.1, 0.15) is 0 Å². The standard InChI is InChI=1S/C54H48N2/c1-53(2)33-34-54(3,4)49-36-42(31-32-48(49)53)55(41-18-13-17-39(35-41)44-23-14-16-37-15-5-6-19-43(37)44)40-29-27-38(28-30-40)45-20-7-10-24-50(45)56-51-25-11-8-21-46(51)47-22-9-12-26-52(47)56/h5-11,13-25,27-32,35-36H,12,26,33-34H2,1-4H3. The summed E-state index contributed by atoms with van der Waals surface area (Å²) in [5.74, 6) is 0. The predicted molar refractivity (Wildman–Crippen MR) is 239 cm³/mol. The Bertz CT molecular complexity index is 2800. The van der Waals surface area contributed by atoms with Crippen LogP contribution in [0.3, 0.4) is 0 Å². The number of hydrogen-bond donors (Lipinski definition) is 0. The van der Waals surface area contributed by atoms with Gasteiger partial charge < -0.3 is 9.47 Å². The SMILES string of the molecule is CC1(C)CCC(C)(C)c2cc(N(c3ccc(-c4ccccc4-n4c5c(c6ccccc64)C=CCC5)cc3)c3cccc(-c4cccc5ccccc45)c3)ccc21. The number of hydrogen-bond acceptors (Lipinski definition) is 1. The van der Waals surface area contributed by atoms with Gasteiger partial charge in [-0.05, 0) is 124 Å². The second-order valence-corrected chi connectivity index (χ2v) is 17.1. The van der Waals surface area contributed by atoms with E-state index in [1.807, 2.05) is 0 Å². The summed E-state index contributed by atoms with van der Waals surface area (Å²) in [5, 5.41) is 3.85. The quantitative estimate of drug-likeness (QED) is 0.166. The minimum atomic E-state index is 0.0997. The van der Waals surface area contributed by atoms with Crippen LogP contribution >= 0.6 is 0 Å². The smallest absolute Gasteiger partial charge is 0.0537 e. The van der Waals surface area contributed by atoms with Crippen LogP contribution in [-0.4, -0.2) is 4.57 Å². The summed E-state index contributed by atoms with van der Waals surface area (Å²) >= 11 is 0. The first-order valence-corrected chi connectivity index (χ1v) is 20.3. The molecular formula is C54H48N2. The van der Waals surface area contributed by atoms with Gasteiger partial charge >= 0.3 is 0 Å². The molecule has 0 aliphatic heterocycles. The van der Waals surface area contributed by atoms with Gasteiger partial charge in [-0.15, -0.1) is 0 Å². The van der Waals surface area contributed by atoms with E-state index in [0.29, 0.717) is 0 Å². The van der Waals surface area contributed by atoms with Gasteiger partial charge in [0.15, 0.2) is 0 Å². The summed E-state index contributed by atoms with van der Waals surface area (Å²) in [6.45, 7) is 9.66. The Labute approximate surface area is 331 Å². The number of para-hydroxylation sites is 2. The monoisotopic (exact) mass is 724 g/mol. The largest absolute Gasteiger partial charge is 0.312 e. The Hall–Kier alpha value is -6.12. The van der Waals surface area contributed by atoms with Crippen LogP contribution in [0.15, 0.2) is 164 Å². The van der Waals surface area contributed by atoms with E-state index < -0.39 is 0 Å². The number of anilines is 3. The summed E-state index contributed by atoms with van der Waals surface area (Å²) < 4.78 is 2.51. The first-order chi connectivity index (χ1) is 27.3. The fraction of sp³-hybridized carbons (Fsp3) is 0.185. The molecule has 2 aliphatic carbocycles. The van der Waals surface area contributed by atoms with Gasteiger partial charge in [0, 0.05) is 39.3 Å². The lowest BCUT2D eigenvalue weighted by atomic mass is 9.63.